The van der Waals surface area contributed by atoms with Gasteiger partial charge in [0.1, 0.15) is 5.84 Å². The van der Waals surface area contributed by atoms with Crippen molar-refractivity contribution in [3.05, 3.63) is 0 Å². The number of fused-ring (bicyclic) bond motifs is 1. The summed E-state index contributed by atoms with van der Waals surface area (Å²) >= 11 is 0. The molecule has 5 heteroatoms. The van der Waals surface area contributed by atoms with Crippen LogP contribution in [0.15, 0.2) is 9.98 Å². The Morgan fingerprint density at radius 1 is 1.54 bits per heavy atom. The minimum absolute atomic E-state index is 0.412. The first-order chi connectivity index (χ1) is 6.31. The van der Waals surface area contributed by atoms with Crippen LogP contribution in [0.5, 0.6) is 0 Å². The van der Waals surface area contributed by atoms with Gasteiger partial charge in [-0.1, -0.05) is 0 Å². The predicted octanol–water partition coefficient (Wildman–Crippen LogP) is -1.01. The van der Waals surface area contributed by atoms with E-state index in [1.165, 1.54) is 0 Å². The van der Waals surface area contributed by atoms with Crippen molar-refractivity contribution in [1.29, 1.82) is 0 Å². The number of hydrogen-bond acceptors (Lipinski definition) is 5. The number of nitrogens with zero attached hydrogens (tertiary/aromatic N) is 3. The van der Waals surface area contributed by atoms with Crippen LogP contribution >= 0.6 is 0 Å². The van der Waals surface area contributed by atoms with E-state index in [0.717, 1.165) is 31.9 Å². The van der Waals surface area contributed by atoms with E-state index < -0.39 is 0 Å². The summed E-state index contributed by atoms with van der Waals surface area (Å²) in [5.74, 6) is 1.99. The van der Waals surface area contributed by atoms with E-state index in [1.54, 1.807) is 0 Å². The highest BCUT2D eigenvalue weighted by molar-refractivity contribution is 5.99. The summed E-state index contributed by atoms with van der Waals surface area (Å²) in [6.07, 6.45) is 1.13. The van der Waals surface area contributed by atoms with Crippen LogP contribution in [0.1, 0.15) is 6.42 Å². The third-order valence-electron chi connectivity index (χ3n) is 2.54. The first kappa shape index (κ1) is 8.50. The lowest BCUT2D eigenvalue weighted by atomic mass is 10.1. The first-order valence-corrected chi connectivity index (χ1v) is 4.65. The fraction of sp³-hybridized carbons (Fsp3) is 0.750. The summed E-state index contributed by atoms with van der Waals surface area (Å²) < 4.78 is 0. The summed E-state index contributed by atoms with van der Waals surface area (Å²) in [6.45, 7) is 3.39. The molecule has 0 amide bonds. The van der Waals surface area contributed by atoms with Gasteiger partial charge in [0.05, 0.1) is 6.54 Å². The van der Waals surface area contributed by atoms with Gasteiger partial charge in [-0.05, 0) is 6.42 Å². The van der Waals surface area contributed by atoms with E-state index >= 15 is 0 Å². The highest BCUT2D eigenvalue weighted by Gasteiger charge is 2.30. The van der Waals surface area contributed by atoms with Crippen LogP contribution in [0.4, 0.5) is 0 Å². The van der Waals surface area contributed by atoms with E-state index in [-0.39, 0.29) is 0 Å². The lowest BCUT2D eigenvalue weighted by Crippen LogP contribution is -2.36. The molecule has 1 atom stereocenters. The molecule has 0 aromatic carbocycles. The molecule has 0 radical (unpaired) electrons. The normalized spacial score (nSPS) is 26.8. The Balaban J connectivity index is 2.13. The van der Waals surface area contributed by atoms with Crippen LogP contribution in [0.25, 0.3) is 0 Å². The molecule has 0 spiro atoms. The van der Waals surface area contributed by atoms with Crippen molar-refractivity contribution in [1.82, 2.24) is 4.90 Å². The van der Waals surface area contributed by atoms with Gasteiger partial charge in [0.15, 0.2) is 0 Å². The molecular weight excluding hydrogens is 166 g/mol. The smallest absolute Gasteiger partial charge is 0.217 e. The van der Waals surface area contributed by atoms with Crippen molar-refractivity contribution in [2.75, 3.05) is 26.2 Å². The summed E-state index contributed by atoms with van der Waals surface area (Å²) in [5.41, 5.74) is 11.1. The molecule has 2 aliphatic rings. The SMILES string of the molecule is NCCN1CC[C@H]2CN=C(N)N=C21. The molecular formula is C8H15N5. The fourth-order valence-electron chi connectivity index (χ4n) is 1.89. The molecule has 1 fully saturated rings. The molecule has 0 aliphatic carbocycles. The molecule has 0 unspecified atom stereocenters. The molecule has 0 aromatic rings. The first-order valence-electron chi connectivity index (χ1n) is 4.65. The Morgan fingerprint density at radius 2 is 2.38 bits per heavy atom. The summed E-state index contributed by atoms with van der Waals surface area (Å²) in [4.78, 5) is 10.6. The minimum Gasteiger partial charge on any atom is -0.368 e. The quantitative estimate of drug-likeness (QED) is 0.573. The molecule has 72 valence electrons. The van der Waals surface area contributed by atoms with Gasteiger partial charge < -0.3 is 16.4 Å². The van der Waals surface area contributed by atoms with Crippen LogP contribution in [-0.2, 0) is 0 Å². The zero-order chi connectivity index (χ0) is 9.26. The van der Waals surface area contributed by atoms with Crippen molar-refractivity contribution in [2.45, 2.75) is 6.42 Å². The van der Waals surface area contributed by atoms with Crippen LogP contribution in [0.2, 0.25) is 0 Å². The van der Waals surface area contributed by atoms with E-state index in [2.05, 4.69) is 14.9 Å². The molecule has 0 aromatic heterocycles. The number of aliphatic imine (C=N–C) groups is 2. The molecule has 0 saturated carbocycles. The monoisotopic (exact) mass is 181 g/mol. The van der Waals surface area contributed by atoms with Crippen LogP contribution < -0.4 is 11.5 Å². The van der Waals surface area contributed by atoms with Crippen LogP contribution in [0.3, 0.4) is 0 Å². The average Bonchev–Trinajstić information content (AvgIpc) is 2.49. The summed E-state index contributed by atoms with van der Waals surface area (Å²) in [6, 6.07) is 0. The number of hydrogen-bond donors (Lipinski definition) is 2. The summed E-state index contributed by atoms with van der Waals surface area (Å²) in [5, 5.41) is 0. The van der Waals surface area contributed by atoms with E-state index in [4.69, 9.17) is 11.5 Å². The topological polar surface area (TPSA) is 80.0 Å². The molecule has 2 heterocycles. The van der Waals surface area contributed by atoms with Gasteiger partial charge in [-0.2, -0.15) is 0 Å². The van der Waals surface area contributed by atoms with Crippen molar-refractivity contribution in [3.63, 3.8) is 0 Å². The molecule has 0 bridgehead atoms. The number of likely N-dealkylation sites (tertiary alicyclic amines) is 1. The van der Waals surface area contributed by atoms with Crippen molar-refractivity contribution < 1.29 is 0 Å². The Labute approximate surface area is 77.5 Å². The Bertz CT molecular complexity index is 255. The van der Waals surface area contributed by atoms with Crippen LogP contribution in [0, 0.1) is 5.92 Å². The number of guanidine groups is 1. The van der Waals surface area contributed by atoms with Gasteiger partial charge >= 0.3 is 0 Å². The maximum Gasteiger partial charge on any atom is 0.217 e. The molecule has 2 aliphatic heterocycles. The Kier molecular flexibility index (Phi) is 2.18. The zero-order valence-electron chi connectivity index (χ0n) is 7.61. The van der Waals surface area contributed by atoms with Gasteiger partial charge in [-0.25, -0.2) is 4.99 Å². The minimum atomic E-state index is 0.412. The standard InChI is InChI=1S/C8H15N5/c9-2-4-13-3-1-6-5-11-8(10)12-7(6)13/h6H,1-5,9H2,(H2,10,11)/t6-/m0/s1. The summed E-state index contributed by atoms with van der Waals surface area (Å²) in [7, 11) is 0. The van der Waals surface area contributed by atoms with Gasteiger partial charge in [0.2, 0.25) is 5.96 Å². The lowest BCUT2D eigenvalue weighted by Gasteiger charge is -2.21. The molecule has 4 N–H and O–H groups in total. The molecule has 1 saturated heterocycles. The molecule has 13 heavy (non-hydrogen) atoms. The van der Waals surface area contributed by atoms with Crippen LogP contribution in [-0.4, -0.2) is 42.9 Å². The third-order valence-corrected chi connectivity index (χ3v) is 2.54. The number of nitrogens with two attached hydrogens (primary N) is 2. The van der Waals surface area contributed by atoms with Gasteiger partial charge in [-0.15, -0.1) is 0 Å². The Morgan fingerprint density at radius 3 is 3.15 bits per heavy atom. The fourth-order valence-corrected chi connectivity index (χ4v) is 1.89. The third kappa shape index (κ3) is 1.51. The van der Waals surface area contributed by atoms with Crippen molar-refractivity contribution in [2.24, 2.45) is 27.4 Å². The molecule has 5 nitrogen and oxygen atoms in total. The van der Waals surface area contributed by atoms with Gasteiger partial charge in [0.25, 0.3) is 0 Å². The van der Waals surface area contributed by atoms with E-state index in [0.29, 0.717) is 18.4 Å². The second-order valence-corrected chi connectivity index (χ2v) is 3.43. The Hall–Kier alpha value is -1.10. The maximum atomic E-state index is 5.55. The predicted molar refractivity (Wildman–Crippen MR) is 52.7 cm³/mol. The highest BCUT2D eigenvalue weighted by Crippen LogP contribution is 2.21. The van der Waals surface area contributed by atoms with Crippen molar-refractivity contribution >= 4 is 11.8 Å². The lowest BCUT2D eigenvalue weighted by molar-refractivity contribution is 0.464. The number of amidine groups is 1. The van der Waals surface area contributed by atoms with Gasteiger partial charge in [0, 0.05) is 25.6 Å². The maximum absolute atomic E-state index is 5.55. The zero-order valence-corrected chi connectivity index (χ0v) is 7.61. The average molecular weight is 181 g/mol. The van der Waals surface area contributed by atoms with Gasteiger partial charge in [-0.3, -0.25) is 4.99 Å². The molecule has 2 rings (SSSR count). The number of rotatable bonds is 2. The highest BCUT2D eigenvalue weighted by atomic mass is 15.3. The van der Waals surface area contributed by atoms with E-state index in [9.17, 15) is 0 Å². The van der Waals surface area contributed by atoms with Crippen molar-refractivity contribution in [3.8, 4) is 0 Å². The van der Waals surface area contributed by atoms with E-state index in [1.807, 2.05) is 0 Å². The second kappa shape index (κ2) is 3.33. The largest absolute Gasteiger partial charge is 0.368 e. The second-order valence-electron chi connectivity index (χ2n) is 3.43.